The van der Waals surface area contributed by atoms with Gasteiger partial charge < -0.3 is 14.0 Å². The second-order valence-electron chi connectivity index (χ2n) is 3.35. The number of hydrogen-bond acceptors (Lipinski definition) is 5. The van der Waals surface area contributed by atoms with E-state index in [1.807, 2.05) is 11.4 Å². The van der Waals surface area contributed by atoms with Crippen molar-refractivity contribution >= 4 is 33.5 Å². The maximum Gasteiger partial charge on any atom is 0.354 e. The van der Waals surface area contributed by atoms with E-state index in [0.29, 0.717) is 5.69 Å². The summed E-state index contributed by atoms with van der Waals surface area (Å²) in [5.41, 5.74) is 1.19. The van der Waals surface area contributed by atoms with Gasteiger partial charge in [0.05, 0.1) is 24.4 Å². The normalized spacial score (nSPS) is 10.5. The molecular formula is C11H11NO4S. The number of ether oxygens (including phenoxy) is 2. The third-order valence-electron chi connectivity index (χ3n) is 2.43. The molecule has 0 bridgehead atoms. The molecule has 0 saturated carbocycles. The van der Waals surface area contributed by atoms with Crippen molar-refractivity contribution in [1.82, 2.24) is 4.57 Å². The Morgan fingerprint density at radius 2 is 2.12 bits per heavy atom. The first-order chi connectivity index (χ1) is 8.17. The number of methoxy groups -OCH3 is 2. The first kappa shape index (κ1) is 11.7. The maximum atomic E-state index is 11.6. The van der Waals surface area contributed by atoms with Crippen molar-refractivity contribution in [3.63, 3.8) is 0 Å². The summed E-state index contributed by atoms with van der Waals surface area (Å²) in [6.45, 7) is 0.00116. The molecule has 0 saturated heterocycles. The number of rotatable bonds is 3. The Morgan fingerprint density at radius 3 is 2.76 bits per heavy atom. The lowest BCUT2D eigenvalue weighted by Crippen LogP contribution is -2.16. The molecule has 0 radical (unpaired) electrons. The quantitative estimate of drug-likeness (QED) is 0.781. The van der Waals surface area contributed by atoms with Gasteiger partial charge in [0, 0.05) is 0 Å². The zero-order chi connectivity index (χ0) is 12.4. The molecule has 90 valence electrons. The number of carbonyl (C=O) groups is 2. The van der Waals surface area contributed by atoms with Gasteiger partial charge in [0.1, 0.15) is 12.2 Å². The molecule has 0 unspecified atom stereocenters. The molecule has 2 heterocycles. The number of carbonyl (C=O) groups excluding carboxylic acids is 2. The number of nitrogens with zero attached hydrogens (tertiary/aromatic N) is 1. The third-order valence-corrected chi connectivity index (χ3v) is 3.29. The number of aromatic nitrogens is 1. The Morgan fingerprint density at radius 1 is 1.35 bits per heavy atom. The van der Waals surface area contributed by atoms with Crippen LogP contribution in [0.4, 0.5) is 0 Å². The van der Waals surface area contributed by atoms with Crippen LogP contribution in [0.3, 0.4) is 0 Å². The summed E-state index contributed by atoms with van der Waals surface area (Å²) in [6.07, 6.45) is 0. The van der Waals surface area contributed by atoms with Crippen molar-refractivity contribution in [3.8, 4) is 0 Å². The van der Waals surface area contributed by atoms with Crippen LogP contribution in [-0.4, -0.2) is 30.7 Å². The third kappa shape index (κ3) is 2.03. The fourth-order valence-electron chi connectivity index (χ4n) is 1.61. The van der Waals surface area contributed by atoms with Crippen molar-refractivity contribution in [2.75, 3.05) is 14.2 Å². The molecule has 0 aliphatic heterocycles. The summed E-state index contributed by atoms with van der Waals surface area (Å²) >= 11 is 1.50. The predicted octanol–water partition coefficient (Wildman–Crippen LogP) is 1.66. The minimum Gasteiger partial charge on any atom is -0.468 e. The molecule has 0 aliphatic carbocycles. The first-order valence-electron chi connectivity index (χ1n) is 4.89. The highest BCUT2D eigenvalue weighted by atomic mass is 32.1. The highest BCUT2D eigenvalue weighted by molar-refractivity contribution is 7.17. The molecule has 0 N–H and O–H groups in total. The zero-order valence-electron chi connectivity index (χ0n) is 9.43. The molecule has 0 amide bonds. The predicted molar refractivity (Wildman–Crippen MR) is 63.2 cm³/mol. The zero-order valence-corrected chi connectivity index (χ0v) is 10.2. The van der Waals surface area contributed by atoms with Crippen LogP contribution in [0.25, 0.3) is 10.2 Å². The smallest absolute Gasteiger partial charge is 0.354 e. The fourth-order valence-corrected chi connectivity index (χ4v) is 2.44. The van der Waals surface area contributed by atoms with Crippen molar-refractivity contribution < 1.29 is 19.1 Å². The summed E-state index contributed by atoms with van der Waals surface area (Å²) in [5.74, 6) is -0.865. The Bertz CT molecular complexity index is 569. The van der Waals surface area contributed by atoms with E-state index in [9.17, 15) is 9.59 Å². The van der Waals surface area contributed by atoms with Gasteiger partial charge in [-0.1, -0.05) is 0 Å². The average molecular weight is 253 g/mol. The number of thiophene rings is 1. The van der Waals surface area contributed by atoms with Crippen LogP contribution in [-0.2, 0) is 20.8 Å². The summed E-state index contributed by atoms with van der Waals surface area (Å²) in [5, 5.41) is 1.90. The summed E-state index contributed by atoms with van der Waals surface area (Å²) in [6, 6.07) is 3.57. The molecule has 0 aliphatic rings. The van der Waals surface area contributed by atoms with Crippen molar-refractivity contribution in [2.24, 2.45) is 0 Å². The van der Waals surface area contributed by atoms with Crippen molar-refractivity contribution in [2.45, 2.75) is 6.54 Å². The van der Waals surface area contributed by atoms with Crippen LogP contribution >= 0.6 is 11.3 Å². The molecule has 0 aromatic carbocycles. The number of fused-ring (bicyclic) bond motifs is 1. The number of esters is 2. The average Bonchev–Trinajstić information content (AvgIpc) is 2.90. The van der Waals surface area contributed by atoms with Crippen molar-refractivity contribution in [1.29, 1.82) is 0 Å². The lowest BCUT2D eigenvalue weighted by Gasteiger charge is -2.06. The second-order valence-corrected chi connectivity index (χ2v) is 4.30. The van der Waals surface area contributed by atoms with E-state index in [0.717, 1.165) is 10.2 Å². The molecule has 0 spiro atoms. The van der Waals surface area contributed by atoms with Crippen LogP contribution in [0.2, 0.25) is 0 Å². The Hall–Kier alpha value is -1.82. The van der Waals surface area contributed by atoms with Gasteiger partial charge in [-0.25, -0.2) is 4.79 Å². The van der Waals surface area contributed by atoms with Crippen LogP contribution in [0.1, 0.15) is 10.5 Å². The summed E-state index contributed by atoms with van der Waals surface area (Å²) in [4.78, 5) is 22.9. The van der Waals surface area contributed by atoms with Crippen LogP contribution in [0.5, 0.6) is 0 Å². The Balaban J connectivity index is 2.50. The van der Waals surface area contributed by atoms with Gasteiger partial charge in [-0.15, -0.1) is 11.3 Å². The number of hydrogen-bond donors (Lipinski definition) is 0. The summed E-state index contributed by atoms with van der Waals surface area (Å²) < 4.78 is 11.8. The van der Waals surface area contributed by atoms with Crippen LogP contribution in [0, 0.1) is 0 Å². The van der Waals surface area contributed by atoms with Crippen LogP contribution < -0.4 is 0 Å². The molecule has 5 nitrogen and oxygen atoms in total. The molecule has 6 heteroatoms. The van der Waals surface area contributed by atoms with Gasteiger partial charge >= 0.3 is 11.9 Å². The van der Waals surface area contributed by atoms with E-state index in [-0.39, 0.29) is 6.54 Å². The minimum absolute atomic E-state index is 0.00116. The second kappa shape index (κ2) is 4.58. The van der Waals surface area contributed by atoms with E-state index in [4.69, 9.17) is 0 Å². The lowest BCUT2D eigenvalue weighted by molar-refractivity contribution is -0.141. The highest BCUT2D eigenvalue weighted by Crippen LogP contribution is 2.25. The van der Waals surface area contributed by atoms with Crippen LogP contribution in [0.15, 0.2) is 17.5 Å². The highest BCUT2D eigenvalue weighted by Gasteiger charge is 2.18. The van der Waals surface area contributed by atoms with Gasteiger partial charge in [-0.2, -0.15) is 0 Å². The fraction of sp³-hybridized carbons (Fsp3) is 0.273. The largest absolute Gasteiger partial charge is 0.468 e. The minimum atomic E-state index is -0.461. The molecule has 17 heavy (non-hydrogen) atoms. The molecule has 2 rings (SSSR count). The van der Waals surface area contributed by atoms with Gasteiger partial charge in [-0.3, -0.25) is 4.79 Å². The van der Waals surface area contributed by atoms with E-state index in [1.165, 1.54) is 25.6 Å². The summed E-state index contributed by atoms with van der Waals surface area (Å²) in [7, 11) is 2.63. The van der Waals surface area contributed by atoms with Gasteiger partial charge in [-0.05, 0) is 17.5 Å². The van der Waals surface area contributed by atoms with Gasteiger partial charge in [0.15, 0.2) is 0 Å². The van der Waals surface area contributed by atoms with E-state index < -0.39 is 11.9 Å². The van der Waals surface area contributed by atoms with Crippen molar-refractivity contribution in [3.05, 3.63) is 23.2 Å². The monoisotopic (exact) mass is 253 g/mol. The molecular weight excluding hydrogens is 242 g/mol. The van der Waals surface area contributed by atoms with E-state index in [1.54, 1.807) is 10.6 Å². The first-order valence-corrected chi connectivity index (χ1v) is 5.77. The van der Waals surface area contributed by atoms with Gasteiger partial charge in [0.25, 0.3) is 0 Å². The molecule has 2 aromatic rings. The standard InChI is InChI=1S/C11H11NO4S/c1-15-10(13)6-12-7-3-4-17-9(7)5-8(12)11(14)16-2/h3-5H,6H2,1-2H3. The molecule has 2 aromatic heterocycles. The van der Waals surface area contributed by atoms with E-state index in [2.05, 4.69) is 9.47 Å². The molecule has 0 atom stereocenters. The SMILES string of the molecule is COC(=O)Cn1c(C(=O)OC)cc2sccc21. The topological polar surface area (TPSA) is 57.5 Å². The Kier molecular flexibility index (Phi) is 3.14. The lowest BCUT2D eigenvalue weighted by atomic mass is 10.4. The maximum absolute atomic E-state index is 11.6. The molecule has 0 fully saturated rings. The van der Waals surface area contributed by atoms with E-state index >= 15 is 0 Å². The Labute approximate surface area is 102 Å². The van der Waals surface area contributed by atoms with Gasteiger partial charge in [0.2, 0.25) is 0 Å².